The molecule has 1 amide bonds. The summed E-state index contributed by atoms with van der Waals surface area (Å²) in [5.74, 6) is -0.910. The number of benzene rings is 1. The third kappa shape index (κ3) is 3.57. The van der Waals surface area contributed by atoms with Crippen LogP contribution in [-0.4, -0.2) is 33.7 Å². The van der Waals surface area contributed by atoms with E-state index < -0.39 is 16.8 Å². The molecule has 0 saturated heterocycles. The first-order valence-electron chi connectivity index (χ1n) is 7.06. The van der Waals surface area contributed by atoms with Crippen molar-refractivity contribution in [2.45, 2.75) is 19.9 Å². The van der Waals surface area contributed by atoms with Crippen LogP contribution in [0.25, 0.3) is 0 Å². The second-order valence-corrected chi connectivity index (χ2v) is 5.23. The van der Waals surface area contributed by atoms with E-state index in [-0.39, 0.29) is 22.9 Å². The lowest BCUT2D eigenvalue weighted by Gasteiger charge is -2.12. The van der Waals surface area contributed by atoms with Crippen molar-refractivity contribution < 1.29 is 19.2 Å². The SMILES string of the molecule is COC(=O)c1cc(C(=O)Nc2ccnn2C(C)C)cc([N+](=O)[O-])c1. The van der Waals surface area contributed by atoms with Crippen LogP contribution >= 0.6 is 0 Å². The van der Waals surface area contributed by atoms with E-state index in [4.69, 9.17) is 0 Å². The van der Waals surface area contributed by atoms with Gasteiger partial charge in [-0.1, -0.05) is 0 Å². The van der Waals surface area contributed by atoms with Crippen molar-refractivity contribution in [2.75, 3.05) is 12.4 Å². The number of carbonyl (C=O) groups is 2. The fraction of sp³-hybridized carbons (Fsp3) is 0.267. The number of hydrogen-bond donors (Lipinski definition) is 1. The lowest BCUT2D eigenvalue weighted by Crippen LogP contribution is -2.17. The molecule has 0 aliphatic carbocycles. The van der Waals surface area contributed by atoms with Crippen LogP contribution in [0.15, 0.2) is 30.5 Å². The predicted octanol–water partition coefficient (Wildman–Crippen LogP) is 2.41. The molecule has 0 bridgehead atoms. The van der Waals surface area contributed by atoms with Crippen LogP contribution in [0.1, 0.15) is 40.6 Å². The second kappa shape index (κ2) is 6.90. The standard InChI is InChI=1S/C15H16N4O5/c1-9(2)18-13(4-5-16-18)17-14(20)10-6-11(15(21)24-3)8-12(7-10)19(22)23/h4-9H,1-3H3,(H,17,20). The number of aromatic nitrogens is 2. The summed E-state index contributed by atoms with van der Waals surface area (Å²) in [6.07, 6.45) is 1.53. The van der Waals surface area contributed by atoms with Crippen LogP contribution in [-0.2, 0) is 4.74 Å². The zero-order valence-electron chi connectivity index (χ0n) is 13.3. The molecule has 2 rings (SSSR count). The summed E-state index contributed by atoms with van der Waals surface area (Å²) in [6, 6.07) is 5.02. The van der Waals surface area contributed by atoms with Gasteiger partial charge in [-0.15, -0.1) is 0 Å². The molecule has 2 aromatic rings. The first-order valence-corrected chi connectivity index (χ1v) is 7.06. The monoisotopic (exact) mass is 332 g/mol. The van der Waals surface area contributed by atoms with Gasteiger partial charge in [-0.2, -0.15) is 5.10 Å². The molecule has 0 aliphatic rings. The van der Waals surface area contributed by atoms with Crippen molar-refractivity contribution in [3.63, 3.8) is 0 Å². The van der Waals surface area contributed by atoms with Crippen LogP contribution in [0.4, 0.5) is 11.5 Å². The molecule has 1 aromatic carbocycles. The zero-order valence-corrected chi connectivity index (χ0v) is 13.3. The number of non-ortho nitro benzene ring substituents is 1. The highest BCUT2D eigenvalue weighted by Gasteiger charge is 2.19. The summed E-state index contributed by atoms with van der Waals surface area (Å²) in [5.41, 5.74) is -0.476. The molecule has 1 aromatic heterocycles. The predicted molar refractivity (Wildman–Crippen MR) is 85.0 cm³/mol. The van der Waals surface area contributed by atoms with Gasteiger partial charge in [0.05, 0.1) is 23.8 Å². The van der Waals surface area contributed by atoms with Crippen molar-refractivity contribution in [1.82, 2.24) is 9.78 Å². The molecule has 0 unspecified atom stereocenters. The largest absolute Gasteiger partial charge is 0.465 e. The lowest BCUT2D eigenvalue weighted by atomic mass is 10.1. The van der Waals surface area contributed by atoms with Gasteiger partial charge in [0.25, 0.3) is 11.6 Å². The van der Waals surface area contributed by atoms with E-state index in [9.17, 15) is 19.7 Å². The number of nitro groups is 1. The highest BCUT2D eigenvalue weighted by Crippen LogP contribution is 2.20. The molecule has 24 heavy (non-hydrogen) atoms. The molecule has 0 radical (unpaired) electrons. The number of esters is 1. The van der Waals surface area contributed by atoms with E-state index in [0.29, 0.717) is 5.82 Å². The fourth-order valence-electron chi connectivity index (χ4n) is 2.10. The Bertz CT molecular complexity index is 797. The Morgan fingerprint density at radius 3 is 2.54 bits per heavy atom. The summed E-state index contributed by atoms with van der Waals surface area (Å²) in [5, 5.41) is 17.7. The third-order valence-corrected chi connectivity index (χ3v) is 3.21. The highest BCUT2D eigenvalue weighted by atomic mass is 16.6. The zero-order chi connectivity index (χ0) is 17.9. The second-order valence-electron chi connectivity index (χ2n) is 5.23. The van der Waals surface area contributed by atoms with Gasteiger partial charge in [0.15, 0.2) is 0 Å². The summed E-state index contributed by atoms with van der Waals surface area (Å²) >= 11 is 0. The normalized spacial score (nSPS) is 10.5. The number of rotatable bonds is 5. The molecule has 0 fully saturated rings. The molecular weight excluding hydrogens is 316 g/mol. The molecular formula is C15H16N4O5. The van der Waals surface area contributed by atoms with E-state index >= 15 is 0 Å². The average Bonchev–Trinajstić information content (AvgIpc) is 3.01. The van der Waals surface area contributed by atoms with Gasteiger partial charge in [-0.3, -0.25) is 14.9 Å². The first-order chi connectivity index (χ1) is 11.3. The lowest BCUT2D eigenvalue weighted by molar-refractivity contribution is -0.384. The minimum Gasteiger partial charge on any atom is -0.465 e. The van der Waals surface area contributed by atoms with Gasteiger partial charge < -0.3 is 10.1 Å². The van der Waals surface area contributed by atoms with E-state index in [1.807, 2.05) is 13.8 Å². The molecule has 0 spiro atoms. The first kappa shape index (κ1) is 17.1. The van der Waals surface area contributed by atoms with E-state index in [1.165, 1.54) is 12.3 Å². The number of nitrogens with zero attached hydrogens (tertiary/aromatic N) is 3. The number of hydrogen-bond acceptors (Lipinski definition) is 6. The number of anilines is 1. The molecule has 1 heterocycles. The molecule has 9 heteroatoms. The van der Waals surface area contributed by atoms with E-state index in [1.54, 1.807) is 10.7 Å². The van der Waals surface area contributed by atoms with Crippen molar-refractivity contribution in [3.05, 3.63) is 51.7 Å². The Morgan fingerprint density at radius 1 is 1.29 bits per heavy atom. The van der Waals surface area contributed by atoms with Crippen molar-refractivity contribution in [1.29, 1.82) is 0 Å². The van der Waals surface area contributed by atoms with Crippen molar-refractivity contribution >= 4 is 23.4 Å². The van der Waals surface area contributed by atoms with E-state index in [2.05, 4.69) is 15.2 Å². The number of carbonyl (C=O) groups excluding carboxylic acids is 2. The van der Waals surface area contributed by atoms with Gasteiger partial charge in [0, 0.05) is 29.8 Å². The van der Waals surface area contributed by atoms with Crippen LogP contribution in [0.5, 0.6) is 0 Å². The van der Waals surface area contributed by atoms with Crippen LogP contribution in [0, 0.1) is 10.1 Å². The Kier molecular flexibility index (Phi) is 4.93. The Morgan fingerprint density at radius 2 is 1.96 bits per heavy atom. The maximum Gasteiger partial charge on any atom is 0.338 e. The summed E-state index contributed by atoms with van der Waals surface area (Å²) in [7, 11) is 1.15. The number of amides is 1. The molecule has 0 atom stereocenters. The van der Waals surface area contributed by atoms with Crippen molar-refractivity contribution in [2.24, 2.45) is 0 Å². The minimum atomic E-state index is -0.764. The van der Waals surface area contributed by atoms with Crippen LogP contribution < -0.4 is 5.32 Å². The highest BCUT2D eigenvalue weighted by molar-refractivity contribution is 6.05. The van der Waals surface area contributed by atoms with Crippen LogP contribution in [0.2, 0.25) is 0 Å². The number of nitrogens with one attached hydrogen (secondary N) is 1. The maximum absolute atomic E-state index is 12.4. The summed E-state index contributed by atoms with van der Waals surface area (Å²) in [6.45, 7) is 3.79. The molecule has 9 nitrogen and oxygen atoms in total. The topological polar surface area (TPSA) is 116 Å². The van der Waals surface area contributed by atoms with Crippen LogP contribution in [0.3, 0.4) is 0 Å². The number of nitro benzene ring substituents is 1. The molecule has 0 aliphatic heterocycles. The summed E-state index contributed by atoms with van der Waals surface area (Å²) in [4.78, 5) is 34.4. The van der Waals surface area contributed by atoms with Gasteiger partial charge in [-0.25, -0.2) is 9.48 Å². The molecule has 0 saturated carbocycles. The van der Waals surface area contributed by atoms with Gasteiger partial charge in [0.2, 0.25) is 0 Å². The van der Waals surface area contributed by atoms with Gasteiger partial charge in [0.1, 0.15) is 5.82 Å². The third-order valence-electron chi connectivity index (χ3n) is 3.21. The Hall–Kier alpha value is -3.23. The van der Waals surface area contributed by atoms with Crippen molar-refractivity contribution in [3.8, 4) is 0 Å². The number of methoxy groups -OCH3 is 1. The van der Waals surface area contributed by atoms with Gasteiger partial charge >= 0.3 is 5.97 Å². The van der Waals surface area contributed by atoms with Gasteiger partial charge in [-0.05, 0) is 19.9 Å². The molecule has 1 N–H and O–H groups in total. The number of ether oxygens (including phenoxy) is 1. The molecule has 126 valence electrons. The Balaban J connectivity index is 2.37. The fourth-order valence-corrected chi connectivity index (χ4v) is 2.10. The minimum absolute atomic E-state index is 0.0195. The smallest absolute Gasteiger partial charge is 0.338 e. The maximum atomic E-state index is 12.4. The van der Waals surface area contributed by atoms with E-state index in [0.717, 1.165) is 19.2 Å². The summed E-state index contributed by atoms with van der Waals surface area (Å²) < 4.78 is 6.15. The Labute approximate surface area is 137 Å². The average molecular weight is 332 g/mol. The quantitative estimate of drug-likeness (QED) is 0.510.